The van der Waals surface area contributed by atoms with Gasteiger partial charge in [-0.15, -0.1) is 12.3 Å². The van der Waals surface area contributed by atoms with Crippen LogP contribution in [0.3, 0.4) is 0 Å². The molecule has 0 aromatic carbocycles. The minimum absolute atomic E-state index is 0.424. The van der Waals surface area contributed by atoms with Crippen LogP contribution in [0.4, 0.5) is 0 Å². The summed E-state index contributed by atoms with van der Waals surface area (Å²) < 4.78 is 0. The number of rotatable bonds is 4. The van der Waals surface area contributed by atoms with Crippen LogP contribution in [-0.4, -0.2) is 23.6 Å². The van der Waals surface area contributed by atoms with Gasteiger partial charge in [-0.3, -0.25) is 0 Å². The highest BCUT2D eigenvalue weighted by Gasteiger charge is 2.33. The molecule has 1 aliphatic heterocycles. The van der Waals surface area contributed by atoms with Crippen molar-refractivity contribution in [3.8, 4) is 12.3 Å². The van der Waals surface area contributed by atoms with Gasteiger partial charge in [-0.1, -0.05) is 20.8 Å². The van der Waals surface area contributed by atoms with E-state index in [0.29, 0.717) is 17.5 Å². The van der Waals surface area contributed by atoms with E-state index in [-0.39, 0.29) is 0 Å². The maximum absolute atomic E-state index is 5.38. The van der Waals surface area contributed by atoms with E-state index in [0.717, 1.165) is 12.8 Å². The minimum Gasteiger partial charge on any atom is -0.309 e. The van der Waals surface area contributed by atoms with Crippen LogP contribution < -0.4 is 5.32 Å². The van der Waals surface area contributed by atoms with Crippen LogP contribution in [0.5, 0.6) is 0 Å². The highest BCUT2D eigenvalue weighted by Crippen LogP contribution is 2.34. The zero-order chi connectivity index (χ0) is 11.3. The monoisotopic (exact) mass is 225 g/mol. The first-order chi connectivity index (χ1) is 7.10. The van der Waals surface area contributed by atoms with Gasteiger partial charge in [0.2, 0.25) is 0 Å². The molecule has 1 rings (SSSR count). The molecule has 1 aliphatic rings. The van der Waals surface area contributed by atoms with Crippen molar-refractivity contribution in [2.24, 2.45) is 5.41 Å². The fraction of sp³-hybridized carbons (Fsp3) is 0.846. The van der Waals surface area contributed by atoms with Gasteiger partial charge in [0.05, 0.1) is 0 Å². The number of nitrogens with one attached hydrogen (secondary N) is 1. The van der Waals surface area contributed by atoms with E-state index in [2.05, 4.69) is 43.8 Å². The van der Waals surface area contributed by atoms with Crippen LogP contribution >= 0.6 is 11.8 Å². The van der Waals surface area contributed by atoms with Gasteiger partial charge < -0.3 is 5.32 Å². The number of thioether (sulfide) groups is 1. The molecular weight excluding hydrogens is 202 g/mol. The van der Waals surface area contributed by atoms with Crippen LogP contribution in [0, 0.1) is 17.8 Å². The zero-order valence-corrected chi connectivity index (χ0v) is 11.0. The van der Waals surface area contributed by atoms with Crippen molar-refractivity contribution in [3.05, 3.63) is 0 Å². The molecule has 0 aromatic heterocycles. The van der Waals surface area contributed by atoms with E-state index in [1.54, 1.807) is 0 Å². The summed E-state index contributed by atoms with van der Waals surface area (Å²) in [4.78, 5) is 0. The SMILES string of the molecule is C#CCC(CC)NC1CSCCC1(C)C. The molecule has 1 heterocycles. The highest BCUT2D eigenvalue weighted by molar-refractivity contribution is 7.99. The van der Waals surface area contributed by atoms with Crippen molar-refractivity contribution in [1.82, 2.24) is 5.32 Å². The molecule has 0 amide bonds. The van der Waals surface area contributed by atoms with Gasteiger partial charge in [-0.05, 0) is 24.0 Å². The Balaban J connectivity index is 2.51. The molecule has 86 valence electrons. The minimum atomic E-state index is 0.424. The van der Waals surface area contributed by atoms with Crippen LogP contribution in [0.15, 0.2) is 0 Å². The third-order valence-electron chi connectivity index (χ3n) is 3.41. The number of hydrogen-bond donors (Lipinski definition) is 1. The van der Waals surface area contributed by atoms with E-state index in [1.807, 2.05) is 0 Å². The highest BCUT2D eigenvalue weighted by atomic mass is 32.2. The molecule has 1 fully saturated rings. The average Bonchev–Trinajstić information content (AvgIpc) is 2.20. The first-order valence-corrected chi connectivity index (χ1v) is 7.03. The Kier molecular flexibility index (Phi) is 5.02. The molecule has 0 radical (unpaired) electrons. The molecule has 1 nitrogen and oxygen atoms in total. The Labute approximate surface area is 98.8 Å². The van der Waals surface area contributed by atoms with Crippen LogP contribution in [0.1, 0.15) is 40.0 Å². The topological polar surface area (TPSA) is 12.0 Å². The first-order valence-electron chi connectivity index (χ1n) is 5.87. The summed E-state index contributed by atoms with van der Waals surface area (Å²) in [6.07, 6.45) is 8.67. The summed E-state index contributed by atoms with van der Waals surface area (Å²) >= 11 is 2.06. The molecule has 0 spiro atoms. The smallest absolute Gasteiger partial charge is 0.0240 e. The molecule has 15 heavy (non-hydrogen) atoms. The summed E-state index contributed by atoms with van der Waals surface area (Å²) in [6, 6.07) is 1.12. The van der Waals surface area contributed by atoms with Gasteiger partial charge in [0.25, 0.3) is 0 Å². The third-order valence-corrected chi connectivity index (χ3v) is 4.47. The van der Waals surface area contributed by atoms with E-state index >= 15 is 0 Å². The molecule has 2 unspecified atom stereocenters. The largest absolute Gasteiger partial charge is 0.309 e. The Bertz CT molecular complexity index is 229. The molecule has 0 saturated carbocycles. The second-order valence-electron chi connectivity index (χ2n) is 5.05. The lowest BCUT2D eigenvalue weighted by atomic mass is 9.81. The predicted octanol–water partition coefficient (Wildman–Crippen LogP) is 2.91. The van der Waals surface area contributed by atoms with Gasteiger partial charge in [0, 0.05) is 24.3 Å². The van der Waals surface area contributed by atoms with Crippen LogP contribution in [0.2, 0.25) is 0 Å². The maximum atomic E-state index is 5.38. The van der Waals surface area contributed by atoms with E-state index in [1.165, 1.54) is 17.9 Å². The van der Waals surface area contributed by atoms with E-state index in [4.69, 9.17) is 6.42 Å². The summed E-state index contributed by atoms with van der Waals surface area (Å²) in [6.45, 7) is 6.94. The van der Waals surface area contributed by atoms with Crippen molar-refractivity contribution in [2.75, 3.05) is 11.5 Å². The van der Waals surface area contributed by atoms with Gasteiger partial charge in [-0.25, -0.2) is 0 Å². The first kappa shape index (κ1) is 12.9. The fourth-order valence-corrected chi connectivity index (χ4v) is 3.58. The number of hydrogen-bond acceptors (Lipinski definition) is 2. The molecule has 0 aromatic rings. The van der Waals surface area contributed by atoms with Crippen molar-refractivity contribution in [3.63, 3.8) is 0 Å². The normalized spacial score (nSPS) is 26.9. The second kappa shape index (κ2) is 5.82. The standard InChI is InChI=1S/C13H23NS/c1-5-7-11(6-2)14-12-10-15-9-8-13(12,3)4/h1,11-12,14H,6-10H2,2-4H3. The van der Waals surface area contributed by atoms with Crippen LogP contribution in [-0.2, 0) is 0 Å². The quantitative estimate of drug-likeness (QED) is 0.738. The van der Waals surface area contributed by atoms with Crippen molar-refractivity contribution >= 4 is 11.8 Å². The molecule has 2 atom stereocenters. The molecule has 1 N–H and O–H groups in total. The molecular formula is C13H23NS. The summed E-state index contributed by atoms with van der Waals surface area (Å²) in [5, 5.41) is 3.73. The molecule has 0 aliphatic carbocycles. The van der Waals surface area contributed by atoms with E-state index in [9.17, 15) is 0 Å². The Hall–Kier alpha value is -0.130. The average molecular weight is 225 g/mol. The van der Waals surface area contributed by atoms with Gasteiger partial charge in [0.15, 0.2) is 0 Å². The predicted molar refractivity (Wildman–Crippen MR) is 70.2 cm³/mol. The van der Waals surface area contributed by atoms with E-state index < -0.39 is 0 Å². The lowest BCUT2D eigenvalue weighted by Gasteiger charge is -2.40. The maximum Gasteiger partial charge on any atom is 0.0240 e. The summed E-state index contributed by atoms with van der Waals surface area (Å²) in [5.41, 5.74) is 0.424. The van der Waals surface area contributed by atoms with Gasteiger partial charge >= 0.3 is 0 Å². The van der Waals surface area contributed by atoms with Gasteiger partial charge in [-0.2, -0.15) is 11.8 Å². The van der Waals surface area contributed by atoms with Crippen LogP contribution in [0.25, 0.3) is 0 Å². The van der Waals surface area contributed by atoms with Crippen molar-refractivity contribution in [1.29, 1.82) is 0 Å². The lowest BCUT2D eigenvalue weighted by Crippen LogP contribution is -2.50. The Morgan fingerprint density at radius 3 is 2.87 bits per heavy atom. The number of terminal acetylenes is 1. The zero-order valence-electron chi connectivity index (χ0n) is 10.2. The van der Waals surface area contributed by atoms with Gasteiger partial charge in [0.1, 0.15) is 0 Å². The fourth-order valence-electron chi connectivity index (χ4n) is 1.96. The third kappa shape index (κ3) is 3.74. The summed E-state index contributed by atoms with van der Waals surface area (Å²) in [5.74, 6) is 5.30. The molecule has 0 bridgehead atoms. The molecule has 2 heteroatoms. The molecule has 1 saturated heterocycles. The van der Waals surface area contributed by atoms with Crippen molar-refractivity contribution in [2.45, 2.75) is 52.1 Å². The Morgan fingerprint density at radius 2 is 2.33 bits per heavy atom. The Morgan fingerprint density at radius 1 is 1.60 bits per heavy atom. The van der Waals surface area contributed by atoms with Crippen molar-refractivity contribution < 1.29 is 0 Å². The summed E-state index contributed by atoms with van der Waals surface area (Å²) in [7, 11) is 0. The lowest BCUT2D eigenvalue weighted by molar-refractivity contribution is 0.226. The second-order valence-corrected chi connectivity index (χ2v) is 6.20.